The van der Waals surface area contributed by atoms with Gasteiger partial charge < -0.3 is 19.8 Å². The molecule has 0 saturated carbocycles. The van der Waals surface area contributed by atoms with Crippen LogP contribution in [0.1, 0.15) is 65.5 Å². The van der Waals surface area contributed by atoms with Crippen LogP contribution in [-0.4, -0.2) is 37.2 Å². The molecule has 0 amide bonds. The smallest absolute Gasteiger partial charge is 0.216 e. The first-order valence-electron chi connectivity index (χ1n) is 9.02. The van der Waals surface area contributed by atoms with Crippen molar-refractivity contribution in [2.75, 3.05) is 26.3 Å². The van der Waals surface area contributed by atoms with E-state index in [0.29, 0.717) is 12.4 Å². The number of oxazole rings is 1. The van der Waals surface area contributed by atoms with Crippen LogP contribution in [0, 0.1) is 0 Å². The Kier molecular flexibility index (Phi) is 9.45. The van der Waals surface area contributed by atoms with Gasteiger partial charge in [-0.3, -0.25) is 0 Å². The van der Waals surface area contributed by atoms with Crippen LogP contribution < -0.4 is 10.6 Å². The molecule has 0 aliphatic heterocycles. The molecule has 24 heavy (non-hydrogen) atoms. The summed E-state index contributed by atoms with van der Waals surface area (Å²) in [4.78, 5) is 8.83. The number of ether oxygens (including phenoxy) is 1. The Hall–Kier alpha value is -1.56. The highest BCUT2D eigenvalue weighted by molar-refractivity contribution is 5.79. The van der Waals surface area contributed by atoms with Crippen molar-refractivity contribution in [1.82, 2.24) is 15.6 Å². The highest BCUT2D eigenvalue weighted by Crippen LogP contribution is 2.22. The quantitative estimate of drug-likeness (QED) is 0.389. The first-order chi connectivity index (χ1) is 11.5. The van der Waals surface area contributed by atoms with E-state index in [1.807, 2.05) is 6.92 Å². The van der Waals surface area contributed by atoms with Crippen LogP contribution >= 0.6 is 0 Å². The maximum Gasteiger partial charge on any atom is 0.216 e. The van der Waals surface area contributed by atoms with Crippen LogP contribution in [0.15, 0.2) is 15.6 Å². The molecular formula is C18H34N4O2. The predicted octanol–water partition coefficient (Wildman–Crippen LogP) is 3.23. The van der Waals surface area contributed by atoms with E-state index in [9.17, 15) is 0 Å². The predicted molar refractivity (Wildman–Crippen MR) is 98.4 cm³/mol. The molecule has 1 rings (SSSR count). The SMILES string of the molecule is CCCCOCCCNC(=NCc1ncc(C(C)(C)C)o1)NCC. The Labute approximate surface area is 146 Å². The molecular weight excluding hydrogens is 304 g/mol. The lowest BCUT2D eigenvalue weighted by atomic mass is 9.94. The molecule has 0 atom stereocenters. The minimum Gasteiger partial charge on any atom is -0.443 e. The summed E-state index contributed by atoms with van der Waals surface area (Å²) in [5.41, 5.74) is -0.0323. The third-order valence-electron chi connectivity index (χ3n) is 3.41. The van der Waals surface area contributed by atoms with Gasteiger partial charge >= 0.3 is 0 Å². The monoisotopic (exact) mass is 338 g/mol. The Morgan fingerprint density at radius 1 is 1.21 bits per heavy atom. The molecule has 0 aliphatic rings. The van der Waals surface area contributed by atoms with Crippen LogP contribution in [0.4, 0.5) is 0 Å². The van der Waals surface area contributed by atoms with E-state index in [1.54, 1.807) is 6.20 Å². The first-order valence-corrected chi connectivity index (χ1v) is 9.02. The molecule has 1 aromatic rings. The second-order valence-electron chi connectivity index (χ2n) is 6.81. The van der Waals surface area contributed by atoms with E-state index < -0.39 is 0 Å². The fourth-order valence-electron chi connectivity index (χ4n) is 1.95. The molecule has 2 N–H and O–H groups in total. The summed E-state index contributed by atoms with van der Waals surface area (Å²) in [5.74, 6) is 2.30. The number of nitrogens with zero attached hydrogens (tertiary/aromatic N) is 2. The van der Waals surface area contributed by atoms with Crippen LogP contribution in [-0.2, 0) is 16.7 Å². The minimum absolute atomic E-state index is 0.0323. The average molecular weight is 338 g/mol. The first kappa shape index (κ1) is 20.5. The van der Waals surface area contributed by atoms with Crippen molar-refractivity contribution in [3.63, 3.8) is 0 Å². The van der Waals surface area contributed by atoms with Gasteiger partial charge in [0.05, 0.1) is 6.20 Å². The third-order valence-corrected chi connectivity index (χ3v) is 3.41. The highest BCUT2D eigenvalue weighted by atomic mass is 16.5. The van der Waals surface area contributed by atoms with Gasteiger partial charge in [-0.2, -0.15) is 0 Å². The summed E-state index contributed by atoms with van der Waals surface area (Å²) in [6, 6.07) is 0. The Morgan fingerprint density at radius 3 is 2.58 bits per heavy atom. The van der Waals surface area contributed by atoms with Crippen molar-refractivity contribution in [1.29, 1.82) is 0 Å². The second-order valence-corrected chi connectivity index (χ2v) is 6.81. The lowest BCUT2D eigenvalue weighted by Gasteiger charge is -2.13. The van der Waals surface area contributed by atoms with Crippen molar-refractivity contribution in [3.8, 4) is 0 Å². The molecule has 0 aliphatic carbocycles. The largest absolute Gasteiger partial charge is 0.443 e. The van der Waals surface area contributed by atoms with E-state index in [2.05, 4.69) is 48.3 Å². The van der Waals surface area contributed by atoms with Crippen molar-refractivity contribution in [2.24, 2.45) is 4.99 Å². The molecule has 138 valence electrons. The second kappa shape index (κ2) is 11.1. The standard InChI is InChI=1S/C18H34N4O2/c1-6-8-11-23-12-9-10-20-17(19-7-2)22-14-16-21-13-15(24-16)18(3,4)5/h13H,6-12,14H2,1-5H3,(H2,19,20,22). The Bertz CT molecular complexity index is 478. The molecule has 6 nitrogen and oxygen atoms in total. The van der Waals surface area contributed by atoms with Crippen molar-refractivity contribution in [3.05, 3.63) is 17.8 Å². The lowest BCUT2D eigenvalue weighted by Crippen LogP contribution is -2.38. The number of hydrogen-bond donors (Lipinski definition) is 2. The van der Waals surface area contributed by atoms with Crippen LogP contribution in [0.2, 0.25) is 0 Å². The van der Waals surface area contributed by atoms with Gasteiger partial charge in [0.25, 0.3) is 0 Å². The molecule has 6 heteroatoms. The number of guanidine groups is 1. The number of aliphatic imine (C=N–C) groups is 1. The van der Waals surface area contributed by atoms with Crippen LogP contribution in [0.25, 0.3) is 0 Å². The van der Waals surface area contributed by atoms with Crippen molar-refractivity contribution in [2.45, 2.75) is 65.8 Å². The topological polar surface area (TPSA) is 71.7 Å². The normalized spacial score (nSPS) is 12.5. The number of hydrogen-bond acceptors (Lipinski definition) is 4. The zero-order chi connectivity index (χ0) is 17.8. The van der Waals surface area contributed by atoms with Gasteiger partial charge in [0.1, 0.15) is 12.3 Å². The van der Waals surface area contributed by atoms with Gasteiger partial charge in [0.2, 0.25) is 5.89 Å². The fraction of sp³-hybridized carbons (Fsp3) is 0.778. The van der Waals surface area contributed by atoms with E-state index in [-0.39, 0.29) is 5.41 Å². The molecule has 1 heterocycles. The van der Waals surface area contributed by atoms with Gasteiger partial charge in [-0.15, -0.1) is 0 Å². The average Bonchev–Trinajstić information content (AvgIpc) is 3.01. The van der Waals surface area contributed by atoms with Gasteiger partial charge in [0, 0.05) is 31.7 Å². The van der Waals surface area contributed by atoms with E-state index in [0.717, 1.165) is 50.9 Å². The number of unbranched alkanes of at least 4 members (excludes halogenated alkanes) is 1. The lowest BCUT2D eigenvalue weighted by molar-refractivity contribution is 0.129. The number of rotatable bonds is 10. The van der Waals surface area contributed by atoms with Crippen molar-refractivity contribution >= 4 is 5.96 Å². The summed E-state index contributed by atoms with van der Waals surface area (Å²) >= 11 is 0. The maximum absolute atomic E-state index is 5.76. The highest BCUT2D eigenvalue weighted by Gasteiger charge is 2.18. The number of nitrogens with one attached hydrogen (secondary N) is 2. The van der Waals surface area contributed by atoms with Gasteiger partial charge in [0.15, 0.2) is 5.96 Å². The molecule has 0 bridgehead atoms. The van der Waals surface area contributed by atoms with Gasteiger partial charge in [-0.1, -0.05) is 34.1 Å². The summed E-state index contributed by atoms with van der Waals surface area (Å²) in [6.07, 6.45) is 5.05. The van der Waals surface area contributed by atoms with Crippen LogP contribution in [0.5, 0.6) is 0 Å². The molecule has 0 fully saturated rings. The molecule has 0 unspecified atom stereocenters. The molecule has 1 aromatic heterocycles. The summed E-state index contributed by atoms with van der Waals surface area (Å²) in [7, 11) is 0. The van der Waals surface area contributed by atoms with E-state index >= 15 is 0 Å². The Morgan fingerprint density at radius 2 is 1.96 bits per heavy atom. The molecule has 0 radical (unpaired) electrons. The van der Waals surface area contributed by atoms with Gasteiger partial charge in [-0.25, -0.2) is 9.98 Å². The summed E-state index contributed by atoms with van der Waals surface area (Å²) in [6.45, 7) is 14.2. The van der Waals surface area contributed by atoms with E-state index in [1.165, 1.54) is 6.42 Å². The number of aromatic nitrogens is 1. The summed E-state index contributed by atoms with van der Waals surface area (Å²) in [5, 5.41) is 6.54. The zero-order valence-corrected chi connectivity index (χ0v) is 15.9. The zero-order valence-electron chi connectivity index (χ0n) is 15.9. The third kappa shape index (κ3) is 8.34. The molecule has 0 saturated heterocycles. The van der Waals surface area contributed by atoms with Crippen molar-refractivity contribution < 1.29 is 9.15 Å². The molecule has 0 aromatic carbocycles. The fourth-order valence-corrected chi connectivity index (χ4v) is 1.95. The molecule has 0 spiro atoms. The Balaban J connectivity index is 2.38. The summed E-state index contributed by atoms with van der Waals surface area (Å²) < 4.78 is 11.3. The van der Waals surface area contributed by atoms with Crippen LogP contribution in [0.3, 0.4) is 0 Å². The minimum atomic E-state index is -0.0323. The van der Waals surface area contributed by atoms with E-state index in [4.69, 9.17) is 9.15 Å². The maximum atomic E-state index is 5.76. The van der Waals surface area contributed by atoms with Gasteiger partial charge in [-0.05, 0) is 19.8 Å².